The number of nitrogens with two attached hydrogens (primary N) is 1. The molecule has 5 nitrogen and oxygen atoms in total. The predicted molar refractivity (Wildman–Crippen MR) is 61.0 cm³/mol. The molecule has 2 unspecified atom stereocenters. The number of likely N-dealkylation sites (tertiary alicyclic amines) is 1. The molecule has 2 rings (SSSR count). The average Bonchev–Trinajstić information content (AvgIpc) is 2.73. The Hall–Kier alpha value is -0.940. The molecule has 1 aromatic heterocycles. The molecule has 1 aromatic rings. The van der Waals surface area contributed by atoms with Gasteiger partial charge in [0.05, 0.1) is 5.54 Å². The first-order valence-electron chi connectivity index (χ1n) is 5.75. The molecule has 0 aliphatic carbocycles. The van der Waals surface area contributed by atoms with E-state index in [1.807, 2.05) is 13.8 Å². The zero-order valence-corrected chi connectivity index (χ0v) is 10.4. The molecule has 1 aliphatic rings. The largest absolute Gasteiger partial charge is 0.339 e. The van der Waals surface area contributed by atoms with Crippen molar-refractivity contribution in [3.8, 4) is 0 Å². The summed E-state index contributed by atoms with van der Waals surface area (Å²) in [6.45, 7) is 7.01. The van der Waals surface area contributed by atoms with Gasteiger partial charge in [0.15, 0.2) is 5.82 Å². The molecule has 16 heavy (non-hydrogen) atoms. The average molecular weight is 224 g/mol. The van der Waals surface area contributed by atoms with E-state index in [1.165, 1.54) is 0 Å². The van der Waals surface area contributed by atoms with Crippen LogP contribution < -0.4 is 5.73 Å². The van der Waals surface area contributed by atoms with Gasteiger partial charge in [-0.05, 0) is 20.4 Å². The minimum absolute atomic E-state index is 0.251. The number of hydrogen-bond donors (Lipinski definition) is 1. The zero-order valence-electron chi connectivity index (χ0n) is 10.4. The fraction of sp³-hybridized carbons (Fsp3) is 0.818. The second-order valence-electron chi connectivity index (χ2n) is 5.24. The van der Waals surface area contributed by atoms with Crippen molar-refractivity contribution in [1.29, 1.82) is 0 Å². The molecule has 1 aliphatic heterocycles. The van der Waals surface area contributed by atoms with Gasteiger partial charge in [-0.3, -0.25) is 0 Å². The van der Waals surface area contributed by atoms with Crippen molar-refractivity contribution in [2.24, 2.45) is 5.73 Å². The Morgan fingerprint density at radius 1 is 1.56 bits per heavy atom. The highest BCUT2D eigenvalue weighted by Gasteiger charge is 2.42. The Labute approximate surface area is 96.0 Å². The summed E-state index contributed by atoms with van der Waals surface area (Å²) in [5.74, 6) is 1.57. The minimum atomic E-state index is -0.454. The number of hydrogen-bond acceptors (Lipinski definition) is 5. The van der Waals surface area contributed by atoms with E-state index in [4.69, 9.17) is 10.3 Å². The van der Waals surface area contributed by atoms with Crippen LogP contribution in [0.15, 0.2) is 4.52 Å². The molecule has 1 fully saturated rings. The third-order valence-electron chi connectivity index (χ3n) is 3.32. The van der Waals surface area contributed by atoms with Crippen LogP contribution in [0.1, 0.15) is 44.8 Å². The third kappa shape index (κ3) is 1.85. The van der Waals surface area contributed by atoms with Crippen molar-refractivity contribution in [3.63, 3.8) is 0 Å². The Morgan fingerprint density at radius 2 is 2.25 bits per heavy atom. The minimum Gasteiger partial charge on any atom is -0.339 e. The fourth-order valence-electron chi connectivity index (χ4n) is 2.18. The van der Waals surface area contributed by atoms with E-state index in [1.54, 1.807) is 0 Å². The molecule has 5 heteroatoms. The van der Waals surface area contributed by atoms with Crippen LogP contribution >= 0.6 is 0 Å². The standard InChI is InChI=1S/C11H20N4O/c1-7(2)9-13-10(14-16-9)11(12)5-8(3)15(4)6-11/h7-8H,5-6,12H2,1-4H3. The molecule has 0 radical (unpaired) electrons. The summed E-state index contributed by atoms with van der Waals surface area (Å²) < 4.78 is 5.21. The fourth-order valence-corrected chi connectivity index (χ4v) is 2.18. The van der Waals surface area contributed by atoms with Crippen molar-refractivity contribution >= 4 is 0 Å². The van der Waals surface area contributed by atoms with Crippen LogP contribution in [0.3, 0.4) is 0 Å². The lowest BCUT2D eigenvalue weighted by molar-refractivity contribution is 0.311. The molecule has 0 bridgehead atoms. The topological polar surface area (TPSA) is 68.2 Å². The van der Waals surface area contributed by atoms with Crippen LogP contribution in [0.5, 0.6) is 0 Å². The Morgan fingerprint density at radius 3 is 2.69 bits per heavy atom. The smallest absolute Gasteiger partial charge is 0.229 e. The van der Waals surface area contributed by atoms with Gasteiger partial charge in [0.25, 0.3) is 0 Å². The Kier molecular flexibility index (Phi) is 2.75. The van der Waals surface area contributed by atoms with E-state index in [-0.39, 0.29) is 5.92 Å². The Balaban J connectivity index is 2.23. The van der Waals surface area contributed by atoms with Gasteiger partial charge in [-0.15, -0.1) is 0 Å². The van der Waals surface area contributed by atoms with Gasteiger partial charge in [0, 0.05) is 18.5 Å². The van der Waals surface area contributed by atoms with Crippen LogP contribution in [0.4, 0.5) is 0 Å². The van der Waals surface area contributed by atoms with Gasteiger partial charge in [0.2, 0.25) is 5.89 Å². The summed E-state index contributed by atoms with van der Waals surface area (Å²) in [6.07, 6.45) is 0.876. The highest BCUT2D eigenvalue weighted by atomic mass is 16.5. The molecule has 90 valence electrons. The van der Waals surface area contributed by atoms with Gasteiger partial charge in [-0.1, -0.05) is 19.0 Å². The van der Waals surface area contributed by atoms with Gasteiger partial charge in [-0.2, -0.15) is 4.98 Å². The molecule has 0 aromatic carbocycles. The molecule has 0 spiro atoms. The summed E-state index contributed by atoms with van der Waals surface area (Å²) in [6, 6.07) is 0.464. The second-order valence-corrected chi connectivity index (χ2v) is 5.24. The molecular weight excluding hydrogens is 204 g/mol. The van der Waals surface area contributed by atoms with Crippen molar-refractivity contribution < 1.29 is 4.52 Å². The van der Waals surface area contributed by atoms with Gasteiger partial charge in [-0.25, -0.2) is 0 Å². The van der Waals surface area contributed by atoms with Crippen LogP contribution in [-0.4, -0.2) is 34.7 Å². The highest BCUT2D eigenvalue weighted by molar-refractivity contribution is 5.11. The van der Waals surface area contributed by atoms with E-state index in [0.717, 1.165) is 13.0 Å². The van der Waals surface area contributed by atoms with Crippen LogP contribution in [0.2, 0.25) is 0 Å². The third-order valence-corrected chi connectivity index (χ3v) is 3.32. The maximum absolute atomic E-state index is 6.35. The van der Waals surface area contributed by atoms with E-state index in [9.17, 15) is 0 Å². The SMILES string of the molecule is CC(C)c1nc(C2(N)CC(C)N(C)C2)no1. The molecule has 0 saturated carbocycles. The van der Waals surface area contributed by atoms with Gasteiger partial charge >= 0.3 is 0 Å². The van der Waals surface area contributed by atoms with Crippen LogP contribution in [-0.2, 0) is 5.54 Å². The summed E-state index contributed by atoms with van der Waals surface area (Å²) in [5.41, 5.74) is 5.89. The maximum atomic E-state index is 6.35. The van der Waals surface area contributed by atoms with Gasteiger partial charge in [0.1, 0.15) is 0 Å². The number of likely N-dealkylation sites (N-methyl/N-ethyl adjacent to an activating group) is 1. The summed E-state index contributed by atoms with van der Waals surface area (Å²) in [4.78, 5) is 6.63. The van der Waals surface area contributed by atoms with Gasteiger partial charge < -0.3 is 15.2 Å². The molecule has 0 amide bonds. The first kappa shape index (κ1) is 11.5. The lowest BCUT2D eigenvalue weighted by Crippen LogP contribution is -2.40. The van der Waals surface area contributed by atoms with Crippen molar-refractivity contribution in [2.75, 3.05) is 13.6 Å². The number of nitrogens with zero attached hydrogens (tertiary/aromatic N) is 3. The Bertz CT molecular complexity index is 364. The normalized spacial score (nSPS) is 31.5. The lowest BCUT2D eigenvalue weighted by atomic mass is 9.97. The second kappa shape index (κ2) is 3.82. The summed E-state index contributed by atoms with van der Waals surface area (Å²) in [5, 5.41) is 4.02. The molecule has 2 N–H and O–H groups in total. The highest BCUT2D eigenvalue weighted by Crippen LogP contribution is 2.31. The summed E-state index contributed by atoms with van der Waals surface area (Å²) >= 11 is 0. The molecule has 2 atom stereocenters. The predicted octanol–water partition coefficient (Wildman–Crippen LogP) is 1.07. The maximum Gasteiger partial charge on any atom is 0.229 e. The number of aromatic nitrogens is 2. The van der Waals surface area contributed by atoms with Crippen LogP contribution in [0.25, 0.3) is 0 Å². The lowest BCUT2D eigenvalue weighted by Gasteiger charge is -2.18. The molecular formula is C11H20N4O. The van der Waals surface area contributed by atoms with E-state index >= 15 is 0 Å². The van der Waals surface area contributed by atoms with E-state index < -0.39 is 5.54 Å². The first-order valence-corrected chi connectivity index (χ1v) is 5.75. The summed E-state index contributed by atoms with van der Waals surface area (Å²) in [7, 11) is 2.07. The van der Waals surface area contributed by atoms with Crippen molar-refractivity contribution in [1.82, 2.24) is 15.0 Å². The molecule has 1 saturated heterocycles. The van der Waals surface area contributed by atoms with E-state index in [0.29, 0.717) is 17.8 Å². The first-order chi connectivity index (χ1) is 7.42. The van der Waals surface area contributed by atoms with Crippen molar-refractivity contribution in [3.05, 3.63) is 11.7 Å². The van der Waals surface area contributed by atoms with Crippen molar-refractivity contribution in [2.45, 2.75) is 44.7 Å². The number of rotatable bonds is 2. The monoisotopic (exact) mass is 224 g/mol. The zero-order chi connectivity index (χ0) is 11.9. The molecule has 2 heterocycles. The quantitative estimate of drug-likeness (QED) is 0.814. The van der Waals surface area contributed by atoms with Crippen LogP contribution in [0, 0.1) is 0 Å². The van der Waals surface area contributed by atoms with E-state index in [2.05, 4.69) is 29.0 Å².